The zero-order valence-electron chi connectivity index (χ0n) is 24.7. The minimum atomic E-state index is -0.0310. The van der Waals surface area contributed by atoms with Crippen LogP contribution in [-0.4, -0.2) is 10.9 Å². The number of ketones is 1. The van der Waals surface area contributed by atoms with Crippen molar-refractivity contribution in [1.82, 2.24) is 0 Å². The van der Waals surface area contributed by atoms with Crippen LogP contribution >= 0.6 is 0 Å². The van der Waals surface area contributed by atoms with E-state index in [0.717, 1.165) is 24.3 Å². The normalized spacial score (nSPS) is 34.7. The summed E-state index contributed by atoms with van der Waals surface area (Å²) in [5.74, 6) is 2.06. The summed E-state index contributed by atoms with van der Waals surface area (Å²) in [7, 11) is 0. The number of unbranched alkanes of at least 4 members (excludes halogenated alkanes) is 1. The first kappa shape index (κ1) is 32.7. The Bertz CT molecular complexity index is 698. The second-order valence-corrected chi connectivity index (χ2v) is 10.2. The van der Waals surface area contributed by atoms with E-state index in [0.29, 0.717) is 29.1 Å². The van der Waals surface area contributed by atoms with Crippen molar-refractivity contribution < 1.29 is 9.90 Å². The lowest BCUT2D eigenvalue weighted by Crippen LogP contribution is -2.49. The average Bonchev–Trinajstić information content (AvgIpc) is 3.11. The highest BCUT2D eigenvalue weighted by atomic mass is 16.3. The summed E-state index contributed by atoms with van der Waals surface area (Å²) in [6.45, 7) is 27.6. The first-order valence-corrected chi connectivity index (χ1v) is 14.5. The summed E-state index contributed by atoms with van der Waals surface area (Å²) in [5, 5.41) is 10.3. The van der Waals surface area contributed by atoms with Gasteiger partial charge in [0.2, 0.25) is 0 Å². The summed E-state index contributed by atoms with van der Waals surface area (Å²) in [4.78, 5) is 12.0. The van der Waals surface area contributed by atoms with E-state index in [1.807, 2.05) is 47.6 Å². The van der Waals surface area contributed by atoms with E-state index >= 15 is 0 Å². The van der Waals surface area contributed by atoms with E-state index in [1.165, 1.54) is 32.1 Å². The molecule has 0 amide bonds. The van der Waals surface area contributed by atoms with Crippen LogP contribution in [-0.2, 0) is 4.79 Å². The van der Waals surface area contributed by atoms with Crippen LogP contribution in [0.25, 0.3) is 0 Å². The van der Waals surface area contributed by atoms with Crippen molar-refractivity contribution in [1.29, 1.82) is 0 Å². The second kappa shape index (κ2) is 14.9. The molecule has 0 aromatic heterocycles. The number of carbonyl (C=O) groups is 1. The zero-order chi connectivity index (χ0) is 26.7. The first-order chi connectivity index (χ1) is 16.2. The van der Waals surface area contributed by atoms with Gasteiger partial charge >= 0.3 is 0 Å². The lowest BCUT2D eigenvalue weighted by atomic mass is 9.47. The fourth-order valence-electron chi connectivity index (χ4n) is 6.53. The summed E-state index contributed by atoms with van der Waals surface area (Å²) in [6, 6.07) is 0. The van der Waals surface area contributed by atoms with Crippen LogP contribution < -0.4 is 0 Å². The van der Waals surface area contributed by atoms with Gasteiger partial charge in [0.25, 0.3) is 0 Å². The van der Waals surface area contributed by atoms with Crippen LogP contribution in [0.2, 0.25) is 0 Å². The highest BCUT2D eigenvalue weighted by Crippen LogP contribution is 2.69. The molecule has 0 saturated heterocycles. The van der Waals surface area contributed by atoms with Crippen LogP contribution in [0.1, 0.15) is 128 Å². The minimum absolute atomic E-state index is 0.0310. The van der Waals surface area contributed by atoms with Gasteiger partial charge in [0.1, 0.15) is 0 Å². The molecule has 4 aliphatic carbocycles. The molecule has 0 aromatic rings. The standard InChI is InChI=1S/C22H30O2.C4H10.3C2H6/c1-13-7-9-22(4)20-12-18(14(2)23)19-11-15(24)5-6-16(19)17(20)8-10-21(13,22)3;1-3-4-2;3*1-2/h8,11,13,16,18,20,23H,2,5-7,9-10,12H2,1,3-4H3;3-4H2,1-2H3;3*1-2H3/t13?,16?,18-,20?,21?,22+;;;;/m1..../s1. The molecule has 0 aromatic carbocycles. The molecule has 198 valence electrons. The predicted molar refractivity (Wildman–Crippen MR) is 151 cm³/mol. The monoisotopic (exact) mass is 474 g/mol. The summed E-state index contributed by atoms with van der Waals surface area (Å²) in [5.41, 5.74) is 3.37. The second-order valence-electron chi connectivity index (χ2n) is 10.2. The topological polar surface area (TPSA) is 37.3 Å². The van der Waals surface area contributed by atoms with Crippen molar-refractivity contribution in [3.63, 3.8) is 0 Å². The van der Waals surface area contributed by atoms with Gasteiger partial charge in [-0.15, -0.1) is 0 Å². The van der Waals surface area contributed by atoms with Crippen LogP contribution in [0.4, 0.5) is 0 Å². The molecule has 4 aliphatic rings. The molecular formula is C32H58O2. The van der Waals surface area contributed by atoms with E-state index in [4.69, 9.17) is 0 Å². The number of aliphatic hydroxyl groups excluding tert-OH is 1. The van der Waals surface area contributed by atoms with Crippen LogP contribution in [0.15, 0.2) is 35.6 Å². The molecular weight excluding hydrogens is 416 g/mol. The molecule has 4 rings (SSSR count). The third-order valence-corrected chi connectivity index (χ3v) is 9.01. The summed E-state index contributed by atoms with van der Waals surface area (Å²) < 4.78 is 0. The number of aliphatic hydroxyl groups is 1. The predicted octanol–water partition coefficient (Wildman–Crippen LogP) is 10.3. The van der Waals surface area contributed by atoms with Crippen LogP contribution in [0, 0.1) is 34.5 Å². The average molecular weight is 475 g/mol. The number of hydrogen-bond acceptors (Lipinski definition) is 2. The Kier molecular flexibility index (Phi) is 14.4. The Balaban J connectivity index is 0.000000955. The third-order valence-electron chi connectivity index (χ3n) is 9.01. The van der Waals surface area contributed by atoms with E-state index in [1.54, 1.807) is 5.57 Å². The van der Waals surface area contributed by atoms with Crippen molar-refractivity contribution in [2.45, 2.75) is 128 Å². The molecule has 34 heavy (non-hydrogen) atoms. The summed E-state index contributed by atoms with van der Waals surface area (Å²) >= 11 is 0. The fourth-order valence-corrected chi connectivity index (χ4v) is 6.53. The number of allylic oxidation sites excluding steroid dienone is 4. The molecule has 2 saturated carbocycles. The Hall–Kier alpha value is -1.31. The highest BCUT2D eigenvalue weighted by Gasteiger charge is 2.60. The van der Waals surface area contributed by atoms with Crippen molar-refractivity contribution >= 4 is 5.78 Å². The van der Waals surface area contributed by atoms with Crippen LogP contribution in [0.5, 0.6) is 0 Å². The Morgan fingerprint density at radius 1 is 1.00 bits per heavy atom. The van der Waals surface area contributed by atoms with Gasteiger partial charge in [-0.2, -0.15) is 0 Å². The summed E-state index contributed by atoms with van der Waals surface area (Å²) in [6.07, 6.45) is 13.2. The van der Waals surface area contributed by atoms with E-state index < -0.39 is 0 Å². The Morgan fingerprint density at radius 2 is 1.56 bits per heavy atom. The molecule has 2 fully saturated rings. The molecule has 0 heterocycles. The Labute approximate surface area is 213 Å². The van der Waals surface area contributed by atoms with E-state index in [2.05, 4.69) is 47.3 Å². The van der Waals surface area contributed by atoms with Gasteiger partial charge in [0.05, 0.1) is 5.76 Å². The largest absolute Gasteiger partial charge is 0.512 e. The van der Waals surface area contributed by atoms with Crippen molar-refractivity contribution in [3.8, 4) is 0 Å². The lowest BCUT2D eigenvalue weighted by Gasteiger charge is -2.57. The quantitative estimate of drug-likeness (QED) is 0.319. The Morgan fingerprint density at radius 3 is 2.06 bits per heavy atom. The maximum absolute atomic E-state index is 12.0. The SMILES string of the molecule is C=C(O)[C@H]1CC2C(=CCC3(C)C(C)CC[C@@]23C)C2CCC(=O)C=C21.CC.CC.CC.CCCC. The zero-order valence-corrected chi connectivity index (χ0v) is 24.7. The van der Waals surface area contributed by atoms with Gasteiger partial charge in [0, 0.05) is 18.3 Å². The van der Waals surface area contributed by atoms with E-state index in [-0.39, 0.29) is 17.5 Å². The van der Waals surface area contributed by atoms with Crippen LogP contribution in [0.3, 0.4) is 0 Å². The van der Waals surface area contributed by atoms with E-state index in [9.17, 15) is 9.90 Å². The smallest absolute Gasteiger partial charge is 0.155 e. The van der Waals surface area contributed by atoms with Gasteiger partial charge in [-0.1, -0.05) is 107 Å². The van der Waals surface area contributed by atoms with Crippen molar-refractivity contribution in [3.05, 3.63) is 35.6 Å². The number of carbonyl (C=O) groups excluding carboxylic acids is 1. The molecule has 0 bridgehead atoms. The minimum Gasteiger partial charge on any atom is -0.512 e. The molecule has 2 nitrogen and oxygen atoms in total. The maximum atomic E-state index is 12.0. The molecule has 1 N–H and O–H groups in total. The van der Waals surface area contributed by atoms with Crippen molar-refractivity contribution in [2.75, 3.05) is 0 Å². The van der Waals surface area contributed by atoms with Gasteiger partial charge in [-0.25, -0.2) is 0 Å². The highest BCUT2D eigenvalue weighted by molar-refractivity contribution is 5.91. The number of fused-ring (bicyclic) bond motifs is 5. The maximum Gasteiger partial charge on any atom is 0.155 e. The fraction of sp³-hybridized carbons (Fsp3) is 0.781. The number of rotatable bonds is 2. The molecule has 0 radical (unpaired) electrons. The molecule has 0 spiro atoms. The molecule has 0 aliphatic heterocycles. The van der Waals surface area contributed by atoms with Crippen molar-refractivity contribution in [2.24, 2.45) is 34.5 Å². The van der Waals surface area contributed by atoms with Gasteiger partial charge in [0.15, 0.2) is 5.78 Å². The molecule has 2 heteroatoms. The molecule has 4 unspecified atom stereocenters. The number of hydrogen-bond donors (Lipinski definition) is 1. The lowest BCUT2D eigenvalue weighted by molar-refractivity contribution is -0.115. The molecule has 6 atom stereocenters. The first-order valence-electron chi connectivity index (χ1n) is 14.5. The third kappa shape index (κ3) is 6.27. The van der Waals surface area contributed by atoms with Gasteiger partial charge in [-0.05, 0) is 66.4 Å². The van der Waals surface area contributed by atoms with Gasteiger partial charge < -0.3 is 5.11 Å². The van der Waals surface area contributed by atoms with Gasteiger partial charge in [-0.3, -0.25) is 4.79 Å².